The van der Waals surface area contributed by atoms with E-state index in [1.807, 2.05) is 20.8 Å². The van der Waals surface area contributed by atoms with Crippen molar-refractivity contribution < 1.29 is 24.2 Å². The second-order valence-electron chi connectivity index (χ2n) is 6.88. The third kappa shape index (κ3) is 6.23. The van der Waals surface area contributed by atoms with Gasteiger partial charge in [0.05, 0.1) is 12.0 Å². The van der Waals surface area contributed by atoms with Crippen LogP contribution in [-0.2, 0) is 14.3 Å². The van der Waals surface area contributed by atoms with Crippen molar-refractivity contribution in [3.05, 3.63) is 0 Å². The molecule has 0 aliphatic heterocycles. The molecule has 6 nitrogen and oxygen atoms in total. The molecule has 118 valence electrons. The lowest BCUT2D eigenvalue weighted by Crippen LogP contribution is -2.42. The summed E-state index contributed by atoms with van der Waals surface area (Å²) < 4.78 is 10.5. The summed E-state index contributed by atoms with van der Waals surface area (Å²) in [6.45, 7) is 10.6. The summed E-state index contributed by atoms with van der Waals surface area (Å²) in [6.07, 6.45) is -1.62. The van der Waals surface area contributed by atoms with Gasteiger partial charge in [0, 0.05) is 19.0 Å². The van der Waals surface area contributed by atoms with Crippen molar-refractivity contribution in [2.45, 2.75) is 47.8 Å². The predicted molar refractivity (Wildman–Crippen MR) is 75.0 cm³/mol. The second kappa shape index (κ2) is 6.92. The number of amides is 1. The Morgan fingerprint density at radius 2 is 1.60 bits per heavy atom. The number of carbonyl (C=O) groups is 2. The van der Waals surface area contributed by atoms with Crippen LogP contribution in [0.4, 0.5) is 4.79 Å². The van der Waals surface area contributed by atoms with Gasteiger partial charge in [0.15, 0.2) is 0 Å². The maximum absolute atomic E-state index is 11.9. The lowest BCUT2D eigenvalue weighted by molar-refractivity contribution is -0.196. The van der Waals surface area contributed by atoms with E-state index in [9.17, 15) is 9.59 Å². The van der Waals surface area contributed by atoms with E-state index >= 15 is 0 Å². The molecule has 0 fully saturated rings. The van der Waals surface area contributed by atoms with Crippen LogP contribution >= 0.6 is 0 Å². The number of carbonyl (C=O) groups excluding carboxylic acids is 2. The molecule has 1 N–H and O–H groups in total. The van der Waals surface area contributed by atoms with Crippen LogP contribution in [0.1, 0.15) is 41.5 Å². The molecular formula is C14H27NO5. The van der Waals surface area contributed by atoms with Crippen LogP contribution < -0.4 is 0 Å². The number of hydrogen-bond acceptors (Lipinski definition) is 5. The highest BCUT2D eigenvalue weighted by molar-refractivity contribution is 5.75. The molecule has 0 radical (unpaired) electrons. The van der Waals surface area contributed by atoms with E-state index in [2.05, 4.69) is 0 Å². The van der Waals surface area contributed by atoms with Gasteiger partial charge in [0.1, 0.15) is 0 Å². The fraction of sp³-hybridized carbons (Fsp3) is 0.857. The molecule has 0 aliphatic carbocycles. The van der Waals surface area contributed by atoms with Crippen LogP contribution in [0.25, 0.3) is 0 Å². The van der Waals surface area contributed by atoms with Gasteiger partial charge in [-0.25, -0.2) is 4.79 Å². The van der Waals surface area contributed by atoms with E-state index in [0.29, 0.717) is 0 Å². The van der Waals surface area contributed by atoms with E-state index in [0.717, 1.165) is 0 Å². The Morgan fingerprint density at radius 3 is 1.95 bits per heavy atom. The minimum atomic E-state index is -0.983. The largest absolute Gasteiger partial charge is 0.424 e. The Morgan fingerprint density at radius 1 is 1.10 bits per heavy atom. The fourth-order valence-electron chi connectivity index (χ4n) is 1.07. The highest BCUT2D eigenvalue weighted by Crippen LogP contribution is 2.27. The fourth-order valence-corrected chi connectivity index (χ4v) is 1.07. The molecule has 0 aromatic rings. The van der Waals surface area contributed by atoms with Gasteiger partial charge in [0.2, 0.25) is 0 Å². The quantitative estimate of drug-likeness (QED) is 0.633. The summed E-state index contributed by atoms with van der Waals surface area (Å²) in [4.78, 5) is 25.0. The number of aliphatic hydroxyl groups is 1. The Balaban J connectivity index is 4.85. The number of esters is 1. The van der Waals surface area contributed by atoms with Crippen LogP contribution in [0, 0.1) is 10.8 Å². The summed E-state index contributed by atoms with van der Waals surface area (Å²) in [5.41, 5.74) is -1.22. The first-order valence-electron chi connectivity index (χ1n) is 6.63. The van der Waals surface area contributed by atoms with Gasteiger partial charge in [-0.2, -0.15) is 0 Å². The molecule has 0 heterocycles. The molecule has 0 aromatic heterocycles. The number of ether oxygens (including phenoxy) is 2. The third-order valence-electron chi connectivity index (χ3n) is 2.49. The maximum Gasteiger partial charge on any atom is 0.412 e. The minimum Gasteiger partial charge on any atom is -0.424 e. The molecule has 1 unspecified atom stereocenters. The van der Waals surface area contributed by atoms with Crippen molar-refractivity contribution in [3.63, 3.8) is 0 Å². The number of aliphatic hydroxyl groups excluding tert-OH is 1. The topological polar surface area (TPSA) is 76.1 Å². The van der Waals surface area contributed by atoms with Gasteiger partial charge in [-0.05, 0) is 20.8 Å². The normalized spacial score (nSPS) is 13.6. The van der Waals surface area contributed by atoms with Crippen molar-refractivity contribution in [3.8, 4) is 0 Å². The van der Waals surface area contributed by atoms with Gasteiger partial charge in [-0.15, -0.1) is 0 Å². The second-order valence-corrected chi connectivity index (χ2v) is 6.88. The van der Waals surface area contributed by atoms with Crippen LogP contribution in [0.15, 0.2) is 0 Å². The van der Waals surface area contributed by atoms with E-state index < -0.39 is 29.2 Å². The highest BCUT2D eigenvalue weighted by atomic mass is 16.7. The summed E-state index contributed by atoms with van der Waals surface area (Å²) in [7, 11) is 1.50. The summed E-state index contributed by atoms with van der Waals surface area (Å²) >= 11 is 0. The maximum atomic E-state index is 11.9. The molecule has 0 spiro atoms. The number of nitrogens with zero attached hydrogens (tertiary/aromatic N) is 1. The lowest BCUT2D eigenvalue weighted by atomic mass is 9.94. The average Bonchev–Trinajstić information content (AvgIpc) is 2.25. The Hall–Kier alpha value is -1.30. The summed E-state index contributed by atoms with van der Waals surface area (Å²) in [5, 5.41) is 8.80. The average molecular weight is 289 g/mol. The first-order valence-corrected chi connectivity index (χ1v) is 6.63. The first kappa shape index (κ1) is 18.7. The molecule has 1 amide bonds. The summed E-state index contributed by atoms with van der Waals surface area (Å²) in [5.74, 6) is -0.435. The first-order chi connectivity index (χ1) is 8.89. The van der Waals surface area contributed by atoms with Crippen LogP contribution in [0.5, 0.6) is 0 Å². The van der Waals surface area contributed by atoms with Gasteiger partial charge >= 0.3 is 12.1 Å². The molecule has 0 rings (SSSR count). The van der Waals surface area contributed by atoms with Crippen molar-refractivity contribution in [2.75, 3.05) is 20.2 Å². The minimum absolute atomic E-state index is 0.156. The van der Waals surface area contributed by atoms with E-state index in [-0.39, 0.29) is 13.2 Å². The predicted octanol–water partition coefficient (Wildman–Crippen LogP) is 2.01. The zero-order valence-electron chi connectivity index (χ0n) is 13.5. The van der Waals surface area contributed by atoms with Gasteiger partial charge in [-0.3, -0.25) is 4.79 Å². The highest BCUT2D eigenvalue weighted by Gasteiger charge is 2.36. The number of hydrogen-bond donors (Lipinski definition) is 1. The molecule has 6 heteroatoms. The van der Waals surface area contributed by atoms with E-state index in [4.69, 9.17) is 14.6 Å². The Labute approximate surface area is 121 Å². The lowest BCUT2D eigenvalue weighted by Gasteiger charge is -2.32. The van der Waals surface area contributed by atoms with Gasteiger partial charge in [-0.1, -0.05) is 20.8 Å². The molecule has 20 heavy (non-hydrogen) atoms. The molecule has 0 saturated carbocycles. The summed E-state index contributed by atoms with van der Waals surface area (Å²) in [6, 6.07) is 0. The van der Waals surface area contributed by atoms with Gasteiger partial charge in [0.25, 0.3) is 6.29 Å². The van der Waals surface area contributed by atoms with Gasteiger partial charge < -0.3 is 19.5 Å². The molecule has 1 atom stereocenters. The van der Waals surface area contributed by atoms with Crippen LogP contribution in [0.3, 0.4) is 0 Å². The van der Waals surface area contributed by atoms with E-state index in [1.165, 1.54) is 11.9 Å². The van der Waals surface area contributed by atoms with Crippen molar-refractivity contribution in [2.24, 2.45) is 10.8 Å². The van der Waals surface area contributed by atoms with Crippen LogP contribution in [-0.4, -0.2) is 48.6 Å². The zero-order valence-corrected chi connectivity index (χ0v) is 13.5. The molecule has 0 aliphatic rings. The molecular weight excluding hydrogens is 262 g/mol. The van der Waals surface area contributed by atoms with Crippen molar-refractivity contribution in [1.82, 2.24) is 4.90 Å². The monoisotopic (exact) mass is 289 g/mol. The Bertz CT molecular complexity index is 340. The number of rotatable bonds is 4. The van der Waals surface area contributed by atoms with Crippen molar-refractivity contribution in [1.29, 1.82) is 0 Å². The number of likely N-dealkylation sites (N-methyl/N-ethyl adjacent to an activating group) is 1. The Kier molecular flexibility index (Phi) is 6.47. The van der Waals surface area contributed by atoms with Crippen LogP contribution in [0.2, 0.25) is 0 Å². The molecule has 0 aromatic carbocycles. The third-order valence-corrected chi connectivity index (χ3v) is 2.49. The molecule has 0 saturated heterocycles. The SMILES string of the molecule is CN(CCO)C(=O)OC(OC(=O)C(C)(C)C)C(C)(C)C. The zero-order chi connectivity index (χ0) is 16.1. The standard InChI is InChI=1S/C14H27NO5/c1-13(2,3)10(17)19-11(14(4,5)6)20-12(18)15(7)8-9-16/h11,16H,8-9H2,1-7H3. The molecule has 0 bridgehead atoms. The van der Waals surface area contributed by atoms with E-state index in [1.54, 1.807) is 20.8 Å². The smallest absolute Gasteiger partial charge is 0.412 e. The van der Waals surface area contributed by atoms with Crippen molar-refractivity contribution >= 4 is 12.1 Å².